The van der Waals surface area contributed by atoms with Crippen molar-refractivity contribution >= 4 is 40.3 Å². The van der Waals surface area contributed by atoms with Gasteiger partial charge in [0.25, 0.3) is 0 Å². The van der Waals surface area contributed by atoms with Crippen LogP contribution in [0.15, 0.2) is 24.3 Å². The molecule has 0 heterocycles. The number of hydrogen-bond donors (Lipinski definition) is 0. The van der Waals surface area contributed by atoms with E-state index < -0.39 is 45.6 Å². The second-order valence-electron chi connectivity index (χ2n) is 6.12. The smallest absolute Gasteiger partial charge is 0.468 e. The maximum absolute atomic E-state index is 12.3. The van der Waals surface area contributed by atoms with Crippen molar-refractivity contribution in [1.29, 1.82) is 0 Å². The topological polar surface area (TPSA) is 99.2 Å². The van der Waals surface area contributed by atoms with Crippen LogP contribution in [0.2, 0.25) is 0 Å². The summed E-state index contributed by atoms with van der Waals surface area (Å²) in [5.41, 5.74) is -6.42. The quantitative estimate of drug-likeness (QED) is 0.386. The molecule has 0 saturated heterocycles. The van der Waals surface area contributed by atoms with E-state index in [1.807, 2.05) is 0 Å². The van der Waals surface area contributed by atoms with E-state index in [1.54, 1.807) is 20.8 Å². The summed E-state index contributed by atoms with van der Waals surface area (Å²) >= 11 is 0. The lowest BCUT2D eigenvalue weighted by Gasteiger charge is -2.26. The lowest BCUT2D eigenvalue weighted by Crippen LogP contribution is -2.40. The first-order valence-corrected chi connectivity index (χ1v) is 8.75. The molecule has 0 aromatic heterocycles. The van der Waals surface area contributed by atoms with Crippen molar-refractivity contribution in [3.05, 3.63) is 24.3 Å². The van der Waals surface area contributed by atoms with Crippen LogP contribution < -0.4 is 9.08 Å². The van der Waals surface area contributed by atoms with Crippen molar-refractivity contribution in [2.45, 2.75) is 31.9 Å². The molecule has 0 aliphatic carbocycles. The number of amides is 1. The number of carbonyl (C=O) groups excluding carboxylic acids is 2. The number of carbonyl (C=O) groups is 2. The predicted octanol–water partition coefficient (Wildman–Crippen LogP) is 3.25. The van der Waals surface area contributed by atoms with Gasteiger partial charge in [0.1, 0.15) is 17.9 Å². The number of anilines is 1. The highest BCUT2D eigenvalue weighted by molar-refractivity contribution is 7.88. The molecule has 0 spiro atoms. The van der Waals surface area contributed by atoms with E-state index in [0.29, 0.717) is 0 Å². The molecule has 8 nitrogen and oxygen atoms in total. The molecule has 28 heavy (non-hydrogen) atoms. The third-order valence-electron chi connectivity index (χ3n) is 2.77. The zero-order valence-corrected chi connectivity index (χ0v) is 16.9. The van der Waals surface area contributed by atoms with Crippen LogP contribution in [0.5, 0.6) is 5.75 Å². The minimum atomic E-state index is -5.83. The van der Waals surface area contributed by atoms with Gasteiger partial charge in [0, 0.05) is 5.69 Å². The Bertz CT molecular complexity index is 789. The molecule has 0 aliphatic rings. The highest BCUT2D eigenvalue weighted by Gasteiger charge is 2.48. The number of methoxy groups -OCH3 is 1. The maximum Gasteiger partial charge on any atom is 0.534 e. The van der Waals surface area contributed by atoms with Gasteiger partial charge in [0.15, 0.2) is 0 Å². The van der Waals surface area contributed by atoms with Crippen LogP contribution in [0.25, 0.3) is 0 Å². The Morgan fingerprint density at radius 2 is 1.57 bits per heavy atom. The van der Waals surface area contributed by atoms with Gasteiger partial charge in [-0.05, 0) is 45.0 Å². The van der Waals surface area contributed by atoms with Gasteiger partial charge in [0.2, 0.25) is 0 Å². The summed E-state index contributed by atoms with van der Waals surface area (Å²) < 4.78 is 72.6. The first kappa shape index (κ1) is 25.8. The van der Waals surface area contributed by atoms with E-state index in [0.717, 1.165) is 36.3 Å². The van der Waals surface area contributed by atoms with Gasteiger partial charge >= 0.3 is 27.7 Å². The highest BCUT2D eigenvalue weighted by atomic mass is 35.5. The molecule has 1 amide bonds. The summed E-state index contributed by atoms with van der Waals surface area (Å²) in [7, 11) is -4.72. The fourth-order valence-electron chi connectivity index (χ4n) is 1.63. The van der Waals surface area contributed by atoms with E-state index >= 15 is 0 Å². The number of nitrogens with zero attached hydrogens (tertiary/aromatic N) is 1. The summed E-state index contributed by atoms with van der Waals surface area (Å²) in [6.45, 7) is 4.26. The molecular weight excluding hydrogens is 431 g/mol. The average molecular weight is 450 g/mol. The molecule has 0 saturated carbocycles. The van der Waals surface area contributed by atoms with Crippen LogP contribution in [-0.2, 0) is 24.4 Å². The number of esters is 1. The molecule has 0 radical (unpaired) electrons. The molecule has 0 N–H and O–H groups in total. The van der Waals surface area contributed by atoms with E-state index in [1.165, 1.54) is 0 Å². The number of hydrogen-bond acceptors (Lipinski definition) is 7. The van der Waals surface area contributed by atoms with Crippen molar-refractivity contribution in [2.24, 2.45) is 0 Å². The third-order valence-corrected chi connectivity index (χ3v) is 3.75. The molecule has 0 bridgehead atoms. The summed E-state index contributed by atoms with van der Waals surface area (Å²) in [4.78, 5) is 24.7. The largest absolute Gasteiger partial charge is 0.534 e. The van der Waals surface area contributed by atoms with Crippen LogP contribution in [0.3, 0.4) is 0 Å². The second-order valence-corrected chi connectivity index (χ2v) is 7.66. The summed E-state index contributed by atoms with van der Waals surface area (Å²) in [5, 5.41) is 0. The van der Waals surface area contributed by atoms with Crippen molar-refractivity contribution in [2.75, 3.05) is 18.6 Å². The standard InChI is InChI=1S/C15H18F3NO7S.ClH/c1-14(2,3)25-13(21)19(9-12(20)24-4)10-5-7-11(8-6-10)26-27(22,23)15(16,17)18;/h5-8H,9H2,1-4H3;1H. The Kier molecular flexibility index (Phi) is 8.59. The minimum absolute atomic E-state index is 0. The van der Waals surface area contributed by atoms with E-state index in [-0.39, 0.29) is 18.1 Å². The molecule has 0 atom stereocenters. The summed E-state index contributed by atoms with van der Waals surface area (Å²) in [6.07, 6.45) is -0.913. The Hall–Kier alpha value is -2.21. The Labute approximate surface area is 166 Å². The normalized spacial score (nSPS) is 11.8. The number of halogens is 4. The number of ether oxygens (including phenoxy) is 2. The monoisotopic (exact) mass is 449 g/mol. The van der Waals surface area contributed by atoms with Gasteiger partial charge in [-0.2, -0.15) is 21.6 Å². The van der Waals surface area contributed by atoms with Crippen molar-refractivity contribution in [3.63, 3.8) is 0 Å². The molecule has 0 fully saturated rings. The van der Waals surface area contributed by atoms with Gasteiger partial charge in [-0.1, -0.05) is 0 Å². The van der Waals surface area contributed by atoms with E-state index in [9.17, 15) is 31.2 Å². The Morgan fingerprint density at radius 3 is 1.96 bits per heavy atom. The molecule has 160 valence electrons. The molecule has 13 heteroatoms. The highest BCUT2D eigenvalue weighted by Crippen LogP contribution is 2.28. The van der Waals surface area contributed by atoms with Crippen molar-refractivity contribution < 1.29 is 44.8 Å². The molecular formula is C15H19ClF3NO7S. The Morgan fingerprint density at radius 1 is 1.07 bits per heavy atom. The van der Waals surface area contributed by atoms with Crippen LogP contribution in [-0.4, -0.2) is 45.2 Å². The number of alkyl halides is 3. The predicted molar refractivity (Wildman–Crippen MR) is 94.9 cm³/mol. The van der Waals surface area contributed by atoms with Gasteiger partial charge in [0.05, 0.1) is 7.11 Å². The van der Waals surface area contributed by atoms with Crippen molar-refractivity contribution in [3.8, 4) is 5.75 Å². The lowest BCUT2D eigenvalue weighted by molar-refractivity contribution is -0.139. The molecule has 0 unspecified atom stereocenters. The van der Waals surface area contributed by atoms with Gasteiger partial charge in [-0.3, -0.25) is 9.69 Å². The van der Waals surface area contributed by atoms with Crippen LogP contribution in [0.4, 0.5) is 23.7 Å². The minimum Gasteiger partial charge on any atom is -0.468 e. The summed E-state index contributed by atoms with van der Waals surface area (Å²) in [5.74, 6) is -1.40. The van der Waals surface area contributed by atoms with Gasteiger partial charge < -0.3 is 13.7 Å². The molecule has 1 rings (SSSR count). The number of rotatable bonds is 5. The summed E-state index contributed by atoms with van der Waals surface area (Å²) in [6, 6.07) is 3.97. The third kappa shape index (κ3) is 7.43. The zero-order valence-electron chi connectivity index (χ0n) is 15.3. The average Bonchev–Trinajstić information content (AvgIpc) is 2.50. The van der Waals surface area contributed by atoms with Crippen LogP contribution in [0, 0.1) is 0 Å². The lowest BCUT2D eigenvalue weighted by atomic mass is 10.2. The van der Waals surface area contributed by atoms with Crippen LogP contribution in [0.1, 0.15) is 20.8 Å². The SMILES string of the molecule is COC(=O)CN(C(=O)OC(C)(C)C)c1ccc(OS(=O)(=O)C(F)(F)F)cc1.Cl. The van der Waals surface area contributed by atoms with E-state index in [4.69, 9.17) is 4.74 Å². The first-order valence-electron chi connectivity index (χ1n) is 7.34. The van der Waals surface area contributed by atoms with Crippen molar-refractivity contribution in [1.82, 2.24) is 0 Å². The fraction of sp³-hybridized carbons (Fsp3) is 0.467. The van der Waals surface area contributed by atoms with Gasteiger partial charge in [-0.25, -0.2) is 4.79 Å². The Balaban J connectivity index is 0.00000729. The van der Waals surface area contributed by atoms with Gasteiger partial charge in [-0.15, -0.1) is 12.4 Å². The molecule has 1 aromatic carbocycles. The fourth-order valence-corrected chi connectivity index (χ4v) is 2.09. The molecule has 0 aliphatic heterocycles. The first-order chi connectivity index (χ1) is 12.2. The van der Waals surface area contributed by atoms with E-state index in [2.05, 4.69) is 8.92 Å². The maximum atomic E-state index is 12.3. The molecule has 1 aromatic rings. The second kappa shape index (κ2) is 9.32. The van der Waals surface area contributed by atoms with Crippen LogP contribution >= 0.6 is 12.4 Å². The number of benzene rings is 1. The zero-order chi connectivity index (χ0) is 21.0.